The number of para-hydroxylation sites is 1. The number of carbonyl (C=O) groups is 2. The van der Waals surface area contributed by atoms with E-state index in [0.717, 1.165) is 16.6 Å². The Hall–Kier alpha value is -2.37. The Balaban J connectivity index is 1.66. The summed E-state index contributed by atoms with van der Waals surface area (Å²) in [7, 11) is 0. The van der Waals surface area contributed by atoms with Crippen molar-refractivity contribution in [2.45, 2.75) is 25.4 Å². The van der Waals surface area contributed by atoms with Gasteiger partial charge in [0.15, 0.2) is 0 Å². The lowest BCUT2D eigenvalue weighted by Crippen LogP contribution is -2.41. The lowest BCUT2D eigenvalue weighted by Gasteiger charge is -2.10. The van der Waals surface area contributed by atoms with Gasteiger partial charge in [-0.1, -0.05) is 18.2 Å². The normalized spacial score (nSPS) is 18.5. The average molecular weight is 258 g/mol. The van der Waals surface area contributed by atoms with Gasteiger partial charge in [0, 0.05) is 11.8 Å². The van der Waals surface area contributed by atoms with Crippen LogP contribution in [-0.2, 0) is 16.1 Å². The van der Waals surface area contributed by atoms with Gasteiger partial charge in [0.2, 0.25) is 11.8 Å². The smallest absolute Gasteiger partial charge is 0.242 e. The number of aromatic amines is 1. The van der Waals surface area contributed by atoms with E-state index in [9.17, 15) is 9.59 Å². The molecule has 1 aromatic heterocycles. The second-order valence-electron chi connectivity index (χ2n) is 4.60. The Bertz CT molecular complexity index is 634. The second kappa shape index (κ2) is 4.72. The fourth-order valence-corrected chi connectivity index (χ4v) is 2.26. The number of aromatic nitrogens is 2. The monoisotopic (exact) mass is 258 g/mol. The topological polar surface area (TPSA) is 86.9 Å². The van der Waals surface area contributed by atoms with E-state index in [2.05, 4.69) is 20.8 Å². The number of carbonyl (C=O) groups excluding carboxylic acids is 2. The zero-order valence-corrected chi connectivity index (χ0v) is 10.3. The summed E-state index contributed by atoms with van der Waals surface area (Å²) in [6, 6.07) is 7.31. The van der Waals surface area contributed by atoms with Crippen LogP contribution in [0.4, 0.5) is 0 Å². The zero-order valence-electron chi connectivity index (χ0n) is 10.3. The fourth-order valence-electron chi connectivity index (χ4n) is 2.26. The van der Waals surface area contributed by atoms with Crippen molar-refractivity contribution in [1.82, 2.24) is 20.8 Å². The number of rotatable bonds is 3. The predicted octanol–water partition coefficient (Wildman–Crippen LogP) is 0.458. The first kappa shape index (κ1) is 11.7. The minimum atomic E-state index is -0.401. The van der Waals surface area contributed by atoms with E-state index < -0.39 is 6.04 Å². The number of amides is 2. The third-order valence-electron chi connectivity index (χ3n) is 3.29. The summed E-state index contributed by atoms with van der Waals surface area (Å²) in [5.74, 6) is -0.211. The molecule has 2 amide bonds. The first-order valence-corrected chi connectivity index (χ1v) is 6.23. The van der Waals surface area contributed by atoms with Crippen LogP contribution >= 0.6 is 0 Å². The maximum absolute atomic E-state index is 11.9. The molecule has 1 aliphatic rings. The van der Waals surface area contributed by atoms with Crippen molar-refractivity contribution in [2.75, 3.05) is 0 Å². The van der Waals surface area contributed by atoms with Crippen molar-refractivity contribution in [3.63, 3.8) is 0 Å². The standard InChI is InChI=1S/C13H14N4O2/c18-12-6-5-10(15-12)13(19)14-7-11-8-3-1-2-4-9(8)16-17-11/h1-4,10H,5-7H2,(H,14,19)(H,15,18)(H,16,17). The van der Waals surface area contributed by atoms with E-state index in [4.69, 9.17) is 0 Å². The summed E-state index contributed by atoms with van der Waals surface area (Å²) in [5, 5.41) is 13.5. The molecule has 6 heteroatoms. The van der Waals surface area contributed by atoms with Gasteiger partial charge in [-0.2, -0.15) is 5.10 Å². The summed E-state index contributed by atoms with van der Waals surface area (Å²) in [5.41, 5.74) is 1.74. The maximum Gasteiger partial charge on any atom is 0.242 e. The number of hydrogen-bond donors (Lipinski definition) is 3. The predicted molar refractivity (Wildman–Crippen MR) is 69.1 cm³/mol. The van der Waals surface area contributed by atoms with Crippen molar-refractivity contribution in [1.29, 1.82) is 0 Å². The van der Waals surface area contributed by atoms with Crippen LogP contribution < -0.4 is 10.6 Å². The van der Waals surface area contributed by atoms with Crippen molar-refractivity contribution in [3.05, 3.63) is 30.0 Å². The van der Waals surface area contributed by atoms with E-state index >= 15 is 0 Å². The number of nitrogens with one attached hydrogen (secondary N) is 3. The highest BCUT2D eigenvalue weighted by molar-refractivity contribution is 5.91. The highest BCUT2D eigenvalue weighted by Crippen LogP contribution is 2.15. The zero-order chi connectivity index (χ0) is 13.2. The molecule has 1 aromatic carbocycles. The number of H-pyrrole nitrogens is 1. The van der Waals surface area contributed by atoms with Gasteiger partial charge in [0.25, 0.3) is 0 Å². The molecular formula is C13H14N4O2. The summed E-state index contributed by atoms with van der Waals surface area (Å²) in [6.07, 6.45) is 0.986. The van der Waals surface area contributed by atoms with E-state index in [-0.39, 0.29) is 11.8 Å². The van der Waals surface area contributed by atoms with Crippen LogP contribution in [0.5, 0.6) is 0 Å². The van der Waals surface area contributed by atoms with E-state index in [1.807, 2.05) is 24.3 Å². The Morgan fingerprint density at radius 2 is 2.26 bits per heavy atom. The van der Waals surface area contributed by atoms with Gasteiger partial charge in [-0.05, 0) is 12.5 Å². The van der Waals surface area contributed by atoms with Crippen LogP contribution in [0.1, 0.15) is 18.5 Å². The van der Waals surface area contributed by atoms with Gasteiger partial charge in [-0.15, -0.1) is 0 Å². The molecule has 0 bridgehead atoms. The summed E-state index contributed by atoms with van der Waals surface area (Å²) >= 11 is 0. The van der Waals surface area contributed by atoms with Crippen LogP contribution in [0.25, 0.3) is 10.9 Å². The molecule has 0 spiro atoms. The molecule has 1 atom stereocenters. The molecule has 2 aromatic rings. The molecule has 1 unspecified atom stereocenters. The molecule has 1 aliphatic heterocycles. The van der Waals surface area contributed by atoms with Crippen molar-refractivity contribution < 1.29 is 9.59 Å². The third-order valence-corrected chi connectivity index (χ3v) is 3.29. The van der Waals surface area contributed by atoms with Crippen LogP contribution in [0.15, 0.2) is 24.3 Å². The second-order valence-corrected chi connectivity index (χ2v) is 4.60. The average Bonchev–Trinajstić information content (AvgIpc) is 3.02. The first-order valence-electron chi connectivity index (χ1n) is 6.23. The Morgan fingerprint density at radius 1 is 1.42 bits per heavy atom. The fraction of sp³-hybridized carbons (Fsp3) is 0.308. The molecule has 0 aliphatic carbocycles. The van der Waals surface area contributed by atoms with Gasteiger partial charge in [-0.25, -0.2) is 0 Å². The Morgan fingerprint density at radius 3 is 3.05 bits per heavy atom. The summed E-state index contributed by atoms with van der Waals surface area (Å²) in [4.78, 5) is 22.9. The lowest BCUT2D eigenvalue weighted by atomic mass is 10.2. The molecule has 1 fully saturated rings. The van der Waals surface area contributed by atoms with Crippen LogP contribution in [0.2, 0.25) is 0 Å². The van der Waals surface area contributed by atoms with Crippen molar-refractivity contribution in [3.8, 4) is 0 Å². The Labute approximate surface area is 109 Å². The highest BCUT2D eigenvalue weighted by atomic mass is 16.2. The molecule has 98 valence electrons. The van der Waals surface area contributed by atoms with E-state index in [1.54, 1.807) is 0 Å². The molecule has 19 heavy (non-hydrogen) atoms. The molecule has 3 rings (SSSR count). The number of benzene rings is 1. The number of fused-ring (bicyclic) bond motifs is 1. The number of hydrogen-bond acceptors (Lipinski definition) is 3. The number of nitrogens with zero attached hydrogens (tertiary/aromatic N) is 1. The molecule has 1 saturated heterocycles. The minimum absolute atomic E-state index is 0.0628. The lowest BCUT2D eigenvalue weighted by molar-refractivity contribution is -0.125. The molecule has 0 saturated carbocycles. The van der Waals surface area contributed by atoms with Crippen molar-refractivity contribution >= 4 is 22.7 Å². The molecule has 3 N–H and O–H groups in total. The van der Waals surface area contributed by atoms with E-state index in [1.165, 1.54) is 0 Å². The first-order chi connectivity index (χ1) is 9.24. The van der Waals surface area contributed by atoms with Gasteiger partial charge < -0.3 is 10.6 Å². The van der Waals surface area contributed by atoms with Gasteiger partial charge in [0.1, 0.15) is 6.04 Å². The van der Waals surface area contributed by atoms with Crippen LogP contribution in [0, 0.1) is 0 Å². The summed E-state index contributed by atoms with van der Waals surface area (Å²) in [6.45, 7) is 0.381. The van der Waals surface area contributed by atoms with Gasteiger partial charge >= 0.3 is 0 Å². The third kappa shape index (κ3) is 2.29. The summed E-state index contributed by atoms with van der Waals surface area (Å²) < 4.78 is 0. The maximum atomic E-state index is 11.9. The molecular weight excluding hydrogens is 244 g/mol. The quantitative estimate of drug-likeness (QED) is 0.747. The Kier molecular flexibility index (Phi) is 2.91. The van der Waals surface area contributed by atoms with Crippen LogP contribution in [-0.4, -0.2) is 28.1 Å². The van der Waals surface area contributed by atoms with Crippen molar-refractivity contribution in [2.24, 2.45) is 0 Å². The minimum Gasteiger partial charge on any atom is -0.349 e. The molecule has 6 nitrogen and oxygen atoms in total. The van der Waals surface area contributed by atoms with E-state index in [0.29, 0.717) is 19.4 Å². The molecule has 0 radical (unpaired) electrons. The molecule has 2 heterocycles. The highest BCUT2D eigenvalue weighted by Gasteiger charge is 2.26. The van der Waals surface area contributed by atoms with Gasteiger partial charge in [-0.3, -0.25) is 14.7 Å². The largest absolute Gasteiger partial charge is 0.349 e. The van der Waals surface area contributed by atoms with Crippen LogP contribution in [0.3, 0.4) is 0 Å². The SMILES string of the molecule is O=C1CCC(C(=O)NCc2[nH]nc3ccccc23)N1. The van der Waals surface area contributed by atoms with Gasteiger partial charge in [0.05, 0.1) is 17.8 Å².